The highest BCUT2D eigenvalue weighted by Crippen LogP contribution is 2.28. The van der Waals surface area contributed by atoms with Crippen LogP contribution in [0.15, 0.2) is 12.1 Å². The minimum atomic E-state index is -2.46. The first-order valence-corrected chi connectivity index (χ1v) is 7.71. The van der Waals surface area contributed by atoms with E-state index in [1.54, 1.807) is 0 Å². The molecule has 0 fully saturated rings. The van der Waals surface area contributed by atoms with Gasteiger partial charge in [-0.3, -0.25) is 0 Å². The molecule has 0 heterocycles. The van der Waals surface area contributed by atoms with Crippen LogP contribution in [0.4, 0.5) is 8.78 Å². The van der Waals surface area contributed by atoms with E-state index in [0.29, 0.717) is 6.42 Å². The molecule has 1 atom stereocenters. The molecule has 21 heavy (non-hydrogen) atoms. The van der Waals surface area contributed by atoms with Gasteiger partial charge < -0.3 is 9.84 Å². The predicted molar refractivity (Wildman–Crippen MR) is 81.0 cm³/mol. The number of benzene rings is 1. The van der Waals surface area contributed by atoms with Gasteiger partial charge in [-0.2, -0.15) is 0 Å². The Hall–Kier alpha value is -1.00. The molecule has 0 aromatic heterocycles. The van der Waals surface area contributed by atoms with Gasteiger partial charge in [-0.05, 0) is 41.5 Å². The molecule has 0 aliphatic rings. The minimum Gasteiger partial charge on any atom is -0.388 e. The van der Waals surface area contributed by atoms with Gasteiger partial charge in [0.25, 0.3) is 6.43 Å². The highest BCUT2D eigenvalue weighted by atomic mass is 19.3. The molecule has 0 spiro atoms. The van der Waals surface area contributed by atoms with Crippen LogP contribution in [0.25, 0.3) is 0 Å². The summed E-state index contributed by atoms with van der Waals surface area (Å²) in [5.41, 5.74) is 4.52. The Balaban J connectivity index is 2.83. The first-order valence-electron chi connectivity index (χ1n) is 7.71. The van der Waals surface area contributed by atoms with E-state index in [1.165, 1.54) is 5.56 Å². The number of halogens is 2. The number of rotatable bonds is 9. The zero-order valence-electron chi connectivity index (χ0n) is 13.2. The standard InChI is InChI=1S/C17H26F2O2/c1-4-12-9-13(5-2)17(14(6-3)10-12)15(20)7-8-21-11-16(18)19/h9-10,15-16,20H,4-8,11H2,1-3H3. The van der Waals surface area contributed by atoms with Crippen molar-refractivity contribution in [1.82, 2.24) is 0 Å². The number of hydrogen-bond acceptors (Lipinski definition) is 2. The van der Waals surface area contributed by atoms with Crippen molar-refractivity contribution in [2.75, 3.05) is 13.2 Å². The SMILES string of the molecule is CCc1cc(CC)c(C(O)CCOCC(F)F)c(CC)c1. The molecular weight excluding hydrogens is 274 g/mol. The van der Waals surface area contributed by atoms with Crippen LogP contribution in [0.2, 0.25) is 0 Å². The van der Waals surface area contributed by atoms with Gasteiger partial charge in [-0.1, -0.05) is 32.9 Å². The monoisotopic (exact) mass is 300 g/mol. The van der Waals surface area contributed by atoms with E-state index in [1.807, 2.05) is 0 Å². The Morgan fingerprint density at radius 1 is 1.05 bits per heavy atom. The molecule has 1 aromatic carbocycles. The Morgan fingerprint density at radius 3 is 2.05 bits per heavy atom. The van der Waals surface area contributed by atoms with Crippen LogP contribution in [0.3, 0.4) is 0 Å². The summed E-state index contributed by atoms with van der Waals surface area (Å²) in [5.74, 6) is 0. The summed E-state index contributed by atoms with van der Waals surface area (Å²) < 4.78 is 28.9. The van der Waals surface area contributed by atoms with Gasteiger partial charge in [0.1, 0.15) is 6.61 Å². The van der Waals surface area contributed by atoms with Gasteiger partial charge in [-0.15, -0.1) is 0 Å². The third-order valence-electron chi connectivity index (χ3n) is 3.69. The fourth-order valence-corrected chi connectivity index (χ4v) is 2.58. The van der Waals surface area contributed by atoms with Gasteiger partial charge in [0.15, 0.2) is 0 Å². The second-order valence-corrected chi connectivity index (χ2v) is 5.16. The summed E-state index contributed by atoms with van der Waals surface area (Å²) >= 11 is 0. The largest absolute Gasteiger partial charge is 0.388 e. The molecule has 2 nitrogen and oxygen atoms in total. The Morgan fingerprint density at radius 2 is 1.62 bits per heavy atom. The second-order valence-electron chi connectivity index (χ2n) is 5.16. The van der Waals surface area contributed by atoms with E-state index < -0.39 is 19.1 Å². The number of aliphatic hydroxyl groups excluding tert-OH is 1. The summed E-state index contributed by atoms with van der Waals surface area (Å²) in [4.78, 5) is 0. The van der Waals surface area contributed by atoms with E-state index in [2.05, 4.69) is 32.9 Å². The first kappa shape index (κ1) is 18.1. The summed E-state index contributed by atoms with van der Waals surface area (Å²) in [6, 6.07) is 4.27. The lowest BCUT2D eigenvalue weighted by Gasteiger charge is -2.20. The van der Waals surface area contributed by atoms with Crippen LogP contribution in [-0.4, -0.2) is 24.7 Å². The average Bonchev–Trinajstić information content (AvgIpc) is 2.49. The number of alkyl halides is 2. The maximum Gasteiger partial charge on any atom is 0.261 e. The molecule has 1 aromatic rings. The lowest BCUT2D eigenvalue weighted by molar-refractivity contribution is 0.00465. The van der Waals surface area contributed by atoms with Crippen molar-refractivity contribution < 1.29 is 18.6 Å². The van der Waals surface area contributed by atoms with Gasteiger partial charge >= 0.3 is 0 Å². The van der Waals surface area contributed by atoms with E-state index in [0.717, 1.165) is 36.0 Å². The van der Waals surface area contributed by atoms with Crippen molar-refractivity contribution in [3.8, 4) is 0 Å². The van der Waals surface area contributed by atoms with Crippen LogP contribution in [0.1, 0.15) is 55.5 Å². The number of aliphatic hydroxyl groups is 1. The third-order valence-corrected chi connectivity index (χ3v) is 3.69. The summed E-state index contributed by atoms with van der Waals surface area (Å²) in [6.45, 7) is 5.83. The zero-order chi connectivity index (χ0) is 15.8. The summed E-state index contributed by atoms with van der Waals surface area (Å²) in [5, 5.41) is 10.4. The number of hydrogen-bond donors (Lipinski definition) is 1. The molecule has 1 unspecified atom stereocenters. The molecule has 4 heteroatoms. The van der Waals surface area contributed by atoms with Gasteiger partial charge in [0, 0.05) is 13.0 Å². The van der Waals surface area contributed by atoms with Crippen LogP contribution >= 0.6 is 0 Å². The Kier molecular flexibility index (Phi) is 7.83. The van der Waals surface area contributed by atoms with Crippen LogP contribution in [0, 0.1) is 0 Å². The Bertz CT molecular complexity index is 408. The van der Waals surface area contributed by atoms with Gasteiger partial charge in [0.05, 0.1) is 6.10 Å². The van der Waals surface area contributed by atoms with Crippen LogP contribution in [-0.2, 0) is 24.0 Å². The van der Waals surface area contributed by atoms with Crippen molar-refractivity contribution in [3.05, 3.63) is 34.4 Å². The second kappa shape index (κ2) is 9.11. The summed E-state index contributed by atoms with van der Waals surface area (Å²) in [7, 11) is 0. The first-order chi connectivity index (χ1) is 10.0. The minimum absolute atomic E-state index is 0.146. The van der Waals surface area contributed by atoms with Crippen molar-refractivity contribution in [3.63, 3.8) is 0 Å². The molecule has 0 amide bonds. The van der Waals surface area contributed by atoms with Crippen molar-refractivity contribution in [2.45, 2.75) is 59.0 Å². The van der Waals surface area contributed by atoms with Crippen LogP contribution in [0.5, 0.6) is 0 Å². The zero-order valence-corrected chi connectivity index (χ0v) is 13.2. The highest BCUT2D eigenvalue weighted by molar-refractivity contribution is 5.41. The van der Waals surface area contributed by atoms with E-state index in [4.69, 9.17) is 4.74 Å². The lowest BCUT2D eigenvalue weighted by Crippen LogP contribution is -2.12. The molecule has 1 N–H and O–H groups in total. The number of aryl methyl sites for hydroxylation is 3. The van der Waals surface area contributed by atoms with E-state index in [9.17, 15) is 13.9 Å². The Labute approximate surface area is 126 Å². The van der Waals surface area contributed by atoms with E-state index >= 15 is 0 Å². The summed E-state index contributed by atoms with van der Waals surface area (Å²) in [6.07, 6.45) is -0.0932. The van der Waals surface area contributed by atoms with Crippen molar-refractivity contribution >= 4 is 0 Å². The normalized spacial score (nSPS) is 12.9. The van der Waals surface area contributed by atoms with Gasteiger partial charge in [0.2, 0.25) is 0 Å². The molecular formula is C17H26F2O2. The molecule has 1 rings (SSSR count). The predicted octanol–water partition coefficient (Wildman–Crippen LogP) is 4.08. The molecule has 0 radical (unpaired) electrons. The van der Waals surface area contributed by atoms with Gasteiger partial charge in [-0.25, -0.2) is 8.78 Å². The molecule has 0 saturated carbocycles. The molecule has 0 aliphatic carbocycles. The fourth-order valence-electron chi connectivity index (χ4n) is 2.58. The molecule has 0 aliphatic heterocycles. The molecule has 0 bridgehead atoms. The maximum absolute atomic E-state index is 12.0. The van der Waals surface area contributed by atoms with Crippen molar-refractivity contribution in [1.29, 1.82) is 0 Å². The van der Waals surface area contributed by atoms with Crippen molar-refractivity contribution in [2.24, 2.45) is 0 Å². The molecule has 0 saturated heterocycles. The van der Waals surface area contributed by atoms with E-state index in [-0.39, 0.29) is 6.61 Å². The smallest absolute Gasteiger partial charge is 0.261 e. The maximum atomic E-state index is 12.0. The fraction of sp³-hybridized carbons (Fsp3) is 0.647. The number of ether oxygens (including phenoxy) is 1. The highest BCUT2D eigenvalue weighted by Gasteiger charge is 2.17. The lowest BCUT2D eigenvalue weighted by atomic mass is 9.89. The topological polar surface area (TPSA) is 29.5 Å². The quantitative estimate of drug-likeness (QED) is 0.696. The average molecular weight is 300 g/mol. The van der Waals surface area contributed by atoms with Crippen LogP contribution < -0.4 is 0 Å². The molecule has 120 valence electrons. The third kappa shape index (κ3) is 5.36.